The molecule has 3 rings (SSSR count). The number of H-pyrrole nitrogens is 1. The second-order valence-corrected chi connectivity index (χ2v) is 8.78. The average molecular weight is 414 g/mol. The Hall–Kier alpha value is -3.20. The van der Waals surface area contributed by atoms with Gasteiger partial charge in [-0.25, -0.2) is 13.4 Å². The summed E-state index contributed by atoms with van der Waals surface area (Å²) >= 11 is 0. The number of carbonyl (C=O) groups excluding carboxylic acids is 1. The summed E-state index contributed by atoms with van der Waals surface area (Å²) in [4.78, 5) is 18.6. The van der Waals surface area contributed by atoms with Crippen LogP contribution in [0.4, 0.5) is 5.69 Å². The van der Waals surface area contributed by atoms with Crippen molar-refractivity contribution in [2.75, 3.05) is 30.6 Å². The van der Waals surface area contributed by atoms with Gasteiger partial charge in [0, 0.05) is 42.2 Å². The van der Waals surface area contributed by atoms with Crippen molar-refractivity contribution < 1.29 is 17.9 Å². The SMILES string of the molecule is COc1cccc(N(CCCS(C)(=O)=O)C(=O)/C=C/c2[nH]nc3ncccc23)c1. The molecule has 0 saturated heterocycles. The number of hydrogen-bond donors (Lipinski definition) is 1. The molecule has 1 amide bonds. The van der Waals surface area contributed by atoms with E-state index in [4.69, 9.17) is 4.74 Å². The fourth-order valence-corrected chi connectivity index (χ4v) is 3.52. The van der Waals surface area contributed by atoms with Crippen molar-refractivity contribution >= 4 is 38.5 Å². The Kier molecular flexibility index (Phi) is 6.28. The fraction of sp³-hybridized carbons (Fsp3) is 0.250. The molecule has 0 spiro atoms. The third-order valence-corrected chi connectivity index (χ3v) is 5.31. The molecular weight excluding hydrogens is 392 g/mol. The van der Waals surface area contributed by atoms with Crippen LogP contribution in [0.1, 0.15) is 12.1 Å². The highest BCUT2D eigenvalue weighted by Gasteiger charge is 2.15. The monoisotopic (exact) mass is 414 g/mol. The van der Waals surface area contributed by atoms with Crippen molar-refractivity contribution in [1.29, 1.82) is 0 Å². The molecule has 0 atom stereocenters. The van der Waals surface area contributed by atoms with Gasteiger partial charge in [0.1, 0.15) is 15.6 Å². The number of aromatic nitrogens is 3. The standard InChI is InChI=1S/C20H22N4O4S/c1-28-16-7-3-6-15(14-16)24(12-5-13-29(2,26)27)19(25)10-9-18-17-8-4-11-21-20(17)23-22-18/h3-4,6-11,14H,5,12-13H2,1-2H3,(H,21,22,23)/b10-9+. The van der Waals surface area contributed by atoms with Crippen molar-refractivity contribution in [2.24, 2.45) is 0 Å². The molecule has 1 N–H and O–H groups in total. The molecule has 0 aliphatic heterocycles. The number of amides is 1. The van der Waals surface area contributed by atoms with Gasteiger partial charge in [-0.2, -0.15) is 5.10 Å². The van der Waals surface area contributed by atoms with E-state index in [1.54, 1.807) is 49.7 Å². The van der Waals surface area contributed by atoms with Gasteiger partial charge in [-0.15, -0.1) is 0 Å². The van der Waals surface area contributed by atoms with Gasteiger partial charge in [-0.05, 0) is 36.8 Å². The highest BCUT2D eigenvalue weighted by Crippen LogP contribution is 2.22. The lowest BCUT2D eigenvalue weighted by atomic mass is 10.2. The summed E-state index contributed by atoms with van der Waals surface area (Å²) in [6, 6.07) is 10.7. The molecule has 0 aliphatic rings. The molecule has 8 nitrogen and oxygen atoms in total. The van der Waals surface area contributed by atoms with E-state index in [9.17, 15) is 13.2 Å². The van der Waals surface area contributed by atoms with Gasteiger partial charge in [0.15, 0.2) is 5.65 Å². The molecule has 29 heavy (non-hydrogen) atoms. The largest absolute Gasteiger partial charge is 0.497 e. The summed E-state index contributed by atoms with van der Waals surface area (Å²) < 4.78 is 28.2. The third-order valence-electron chi connectivity index (χ3n) is 4.28. The number of hydrogen-bond acceptors (Lipinski definition) is 6. The molecule has 3 aromatic rings. The number of methoxy groups -OCH3 is 1. The van der Waals surface area contributed by atoms with E-state index in [-0.39, 0.29) is 18.2 Å². The fourth-order valence-electron chi connectivity index (χ4n) is 2.87. The van der Waals surface area contributed by atoms with Crippen LogP contribution in [0, 0.1) is 0 Å². The predicted molar refractivity (Wildman–Crippen MR) is 113 cm³/mol. The van der Waals surface area contributed by atoms with E-state index in [1.165, 1.54) is 17.2 Å². The number of nitrogens with one attached hydrogen (secondary N) is 1. The number of aromatic amines is 1. The van der Waals surface area contributed by atoms with Crippen LogP contribution in [0.2, 0.25) is 0 Å². The average Bonchev–Trinajstić information content (AvgIpc) is 3.12. The smallest absolute Gasteiger partial charge is 0.251 e. The molecule has 0 unspecified atom stereocenters. The van der Waals surface area contributed by atoms with E-state index in [0.717, 1.165) is 5.39 Å². The molecule has 152 valence electrons. The first-order valence-electron chi connectivity index (χ1n) is 8.98. The lowest BCUT2D eigenvalue weighted by Gasteiger charge is -2.22. The van der Waals surface area contributed by atoms with Crippen LogP contribution in [0.15, 0.2) is 48.7 Å². The number of benzene rings is 1. The number of anilines is 1. The van der Waals surface area contributed by atoms with Gasteiger partial charge in [0.05, 0.1) is 18.6 Å². The minimum atomic E-state index is -3.11. The maximum atomic E-state index is 12.9. The molecule has 0 saturated carbocycles. The minimum absolute atomic E-state index is 0.00131. The Morgan fingerprint density at radius 1 is 1.28 bits per heavy atom. The zero-order valence-electron chi connectivity index (χ0n) is 16.2. The van der Waals surface area contributed by atoms with Crippen molar-refractivity contribution in [3.63, 3.8) is 0 Å². The lowest BCUT2D eigenvalue weighted by Crippen LogP contribution is -2.31. The summed E-state index contributed by atoms with van der Waals surface area (Å²) in [5, 5.41) is 7.77. The van der Waals surface area contributed by atoms with Crippen molar-refractivity contribution in [3.8, 4) is 5.75 Å². The summed E-state index contributed by atoms with van der Waals surface area (Å²) in [7, 11) is -1.57. The number of ether oxygens (including phenoxy) is 1. The molecule has 0 radical (unpaired) electrons. The van der Waals surface area contributed by atoms with Crippen LogP contribution < -0.4 is 9.64 Å². The highest BCUT2D eigenvalue weighted by atomic mass is 32.2. The number of carbonyl (C=O) groups is 1. The van der Waals surface area contributed by atoms with Crippen LogP contribution in [0.5, 0.6) is 5.75 Å². The molecule has 2 aromatic heterocycles. The van der Waals surface area contributed by atoms with Gasteiger partial charge >= 0.3 is 0 Å². The minimum Gasteiger partial charge on any atom is -0.497 e. The summed E-state index contributed by atoms with van der Waals surface area (Å²) in [5.41, 5.74) is 1.87. The van der Waals surface area contributed by atoms with Crippen LogP contribution in [-0.4, -0.2) is 55.2 Å². The van der Waals surface area contributed by atoms with Crippen LogP contribution in [0.25, 0.3) is 17.1 Å². The first-order chi connectivity index (χ1) is 13.9. The summed E-state index contributed by atoms with van der Waals surface area (Å²) in [6.45, 7) is 0.259. The number of rotatable bonds is 8. The normalized spacial score (nSPS) is 11.8. The third kappa shape index (κ3) is 5.41. The summed E-state index contributed by atoms with van der Waals surface area (Å²) in [6.07, 6.45) is 6.23. The van der Waals surface area contributed by atoms with Crippen LogP contribution >= 0.6 is 0 Å². The summed E-state index contributed by atoms with van der Waals surface area (Å²) in [5.74, 6) is 0.331. The van der Waals surface area contributed by atoms with Crippen LogP contribution in [-0.2, 0) is 14.6 Å². The van der Waals surface area contributed by atoms with Crippen molar-refractivity contribution in [3.05, 3.63) is 54.4 Å². The van der Waals surface area contributed by atoms with Gasteiger partial charge < -0.3 is 9.64 Å². The van der Waals surface area contributed by atoms with Gasteiger partial charge in [-0.3, -0.25) is 9.89 Å². The Bertz CT molecular complexity index is 1140. The number of fused-ring (bicyclic) bond motifs is 1. The molecule has 0 bridgehead atoms. The first-order valence-corrected chi connectivity index (χ1v) is 11.0. The second kappa shape index (κ2) is 8.87. The van der Waals surface area contributed by atoms with E-state index < -0.39 is 9.84 Å². The zero-order valence-corrected chi connectivity index (χ0v) is 17.0. The van der Waals surface area contributed by atoms with Crippen molar-refractivity contribution in [1.82, 2.24) is 15.2 Å². The Morgan fingerprint density at radius 2 is 2.10 bits per heavy atom. The highest BCUT2D eigenvalue weighted by molar-refractivity contribution is 7.90. The molecule has 1 aromatic carbocycles. The zero-order chi connectivity index (χ0) is 20.9. The number of pyridine rings is 1. The van der Waals surface area contributed by atoms with Crippen LogP contribution in [0.3, 0.4) is 0 Å². The maximum Gasteiger partial charge on any atom is 0.251 e. The predicted octanol–water partition coefficient (Wildman–Crippen LogP) is 2.45. The van der Waals surface area contributed by atoms with Gasteiger partial charge in [0.25, 0.3) is 5.91 Å². The van der Waals surface area contributed by atoms with Gasteiger partial charge in [0.2, 0.25) is 0 Å². The Balaban J connectivity index is 1.84. The molecule has 0 aliphatic carbocycles. The number of sulfone groups is 1. The number of nitrogens with zero attached hydrogens (tertiary/aromatic N) is 3. The topological polar surface area (TPSA) is 105 Å². The Morgan fingerprint density at radius 3 is 2.86 bits per heavy atom. The van der Waals surface area contributed by atoms with Gasteiger partial charge in [-0.1, -0.05) is 6.07 Å². The van der Waals surface area contributed by atoms with E-state index in [2.05, 4.69) is 15.2 Å². The molecule has 2 heterocycles. The first kappa shape index (κ1) is 20.5. The Labute approximate surface area is 169 Å². The van der Waals surface area contributed by atoms with E-state index in [1.807, 2.05) is 6.07 Å². The lowest BCUT2D eigenvalue weighted by molar-refractivity contribution is -0.114. The van der Waals surface area contributed by atoms with Crippen molar-refractivity contribution in [2.45, 2.75) is 6.42 Å². The quantitative estimate of drug-likeness (QED) is 0.568. The maximum absolute atomic E-state index is 12.9. The molecular formula is C20H22N4O4S. The molecule has 9 heteroatoms. The van der Waals surface area contributed by atoms with E-state index in [0.29, 0.717) is 29.2 Å². The van der Waals surface area contributed by atoms with E-state index >= 15 is 0 Å². The second-order valence-electron chi connectivity index (χ2n) is 6.52. The molecule has 0 fully saturated rings.